The molecule has 7 heteroatoms. The molecular weight excluding hydrogens is 420 g/mol. The third-order valence-electron chi connectivity index (χ3n) is 3.04. The molecule has 0 aliphatic heterocycles. The maximum atomic E-state index is 12.8. The number of nitrogens with two attached hydrogens (primary N) is 1. The van der Waals surface area contributed by atoms with Crippen molar-refractivity contribution in [3.05, 3.63) is 50.9 Å². The molecule has 0 amide bonds. The first-order chi connectivity index (χ1) is 9.73. The van der Waals surface area contributed by atoms with Crippen molar-refractivity contribution in [3.63, 3.8) is 0 Å². The Hall–Kier alpha value is -1.05. The Morgan fingerprint density at radius 1 is 1.05 bits per heavy atom. The fraction of sp³-hybridized carbons (Fsp3) is 0.143. The number of hydrogen-bond acceptors (Lipinski definition) is 3. The first kappa shape index (κ1) is 16.3. The second kappa shape index (κ2) is 5.98. The molecule has 0 bridgehead atoms. The largest absolute Gasteiger partial charge is 0.399 e. The van der Waals surface area contributed by atoms with Gasteiger partial charge in [-0.05, 0) is 63.0 Å². The van der Waals surface area contributed by atoms with Crippen LogP contribution in [0.15, 0.2) is 50.2 Å². The van der Waals surface area contributed by atoms with Gasteiger partial charge in [-0.25, -0.2) is 8.42 Å². The van der Waals surface area contributed by atoms with Crippen LogP contribution in [0.2, 0.25) is 0 Å². The van der Waals surface area contributed by atoms with E-state index in [1.165, 1.54) is 11.4 Å². The zero-order valence-corrected chi connectivity index (χ0v) is 15.5. The SMILES string of the molecule is Cc1ccc(N(C)S(=O)(=O)c2c(Br)cc(N)cc2Br)cc1. The molecule has 0 aliphatic carbocycles. The summed E-state index contributed by atoms with van der Waals surface area (Å²) in [7, 11) is -2.18. The summed E-state index contributed by atoms with van der Waals surface area (Å²) in [4.78, 5) is 0.153. The minimum Gasteiger partial charge on any atom is -0.399 e. The smallest absolute Gasteiger partial charge is 0.266 e. The number of anilines is 2. The molecule has 0 saturated heterocycles. The molecule has 0 aromatic heterocycles. The highest BCUT2D eigenvalue weighted by Crippen LogP contribution is 2.35. The molecule has 4 nitrogen and oxygen atoms in total. The average molecular weight is 434 g/mol. The van der Waals surface area contributed by atoms with Crippen molar-refractivity contribution in [3.8, 4) is 0 Å². The van der Waals surface area contributed by atoms with E-state index in [0.717, 1.165) is 5.56 Å². The van der Waals surface area contributed by atoms with Gasteiger partial charge in [-0.2, -0.15) is 0 Å². The maximum Gasteiger partial charge on any atom is 0.266 e. The summed E-state index contributed by atoms with van der Waals surface area (Å²) >= 11 is 6.54. The van der Waals surface area contributed by atoms with Gasteiger partial charge in [-0.3, -0.25) is 4.31 Å². The molecule has 0 spiro atoms. The van der Waals surface area contributed by atoms with E-state index in [2.05, 4.69) is 31.9 Å². The van der Waals surface area contributed by atoms with Crippen molar-refractivity contribution in [2.24, 2.45) is 0 Å². The molecule has 0 unspecified atom stereocenters. The van der Waals surface area contributed by atoms with E-state index < -0.39 is 10.0 Å². The summed E-state index contributed by atoms with van der Waals surface area (Å²) < 4.78 is 27.7. The Kier molecular flexibility index (Phi) is 4.65. The average Bonchev–Trinajstić information content (AvgIpc) is 2.37. The number of rotatable bonds is 3. The van der Waals surface area contributed by atoms with Gasteiger partial charge in [0.25, 0.3) is 10.0 Å². The highest BCUT2D eigenvalue weighted by molar-refractivity contribution is 9.11. The van der Waals surface area contributed by atoms with Crippen LogP contribution in [0.3, 0.4) is 0 Å². The number of sulfonamides is 1. The van der Waals surface area contributed by atoms with Gasteiger partial charge in [0.2, 0.25) is 0 Å². The van der Waals surface area contributed by atoms with Crippen LogP contribution in [0.4, 0.5) is 11.4 Å². The molecule has 0 radical (unpaired) electrons. The van der Waals surface area contributed by atoms with Crippen LogP contribution in [-0.2, 0) is 10.0 Å². The first-order valence-corrected chi connectivity index (χ1v) is 9.06. The molecule has 0 fully saturated rings. The van der Waals surface area contributed by atoms with E-state index in [9.17, 15) is 8.42 Å². The fourth-order valence-electron chi connectivity index (χ4n) is 1.86. The van der Waals surface area contributed by atoms with Crippen molar-refractivity contribution < 1.29 is 8.42 Å². The third kappa shape index (κ3) is 3.25. The lowest BCUT2D eigenvalue weighted by atomic mass is 10.2. The number of halogens is 2. The zero-order chi connectivity index (χ0) is 15.8. The van der Waals surface area contributed by atoms with Crippen LogP contribution >= 0.6 is 31.9 Å². The minimum absolute atomic E-state index is 0.153. The maximum absolute atomic E-state index is 12.8. The van der Waals surface area contributed by atoms with Gasteiger partial charge >= 0.3 is 0 Å². The van der Waals surface area contributed by atoms with Gasteiger partial charge < -0.3 is 5.73 Å². The summed E-state index contributed by atoms with van der Waals surface area (Å²) in [5, 5.41) is 0. The summed E-state index contributed by atoms with van der Waals surface area (Å²) in [5.41, 5.74) is 7.85. The van der Waals surface area contributed by atoms with Crippen LogP contribution in [0, 0.1) is 6.92 Å². The predicted octanol–water partition coefficient (Wildman–Crippen LogP) is 3.93. The molecule has 2 aromatic rings. The molecule has 2 rings (SSSR count). The lowest BCUT2D eigenvalue weighted by Crippen LogP contribution is -2.27. The standard InChI is InChI=1S/C14H14Br2N2O2S/c1-9-3-5-11(6-4-9)18(2)21(19,20)14-12(15)7-10(17)8-13(14)16/h3-8H,17H2,1-2H3. The van der Waals surface area contributed by atoms with Crippen LogP contribution in [0.1, 0.15) is 5.56 Å². The second-order valence-electron chi connectivity index (χ2n) is 4.62. The molecule has 0 aliphatic rings. The predicted molar refractivity (Wildman–Crippen MR) is 93.0 cm³/mol. The molecule has 0 heterocycles. The summed E-state index contributed by atoms with van der Waals surface area (Å²) in [5.74, 6) is 0. The van der Waals surface area contributed by atoms with E-state index in [0.29, 0.717) is 20.3 Å². The number of nitrogen functional groups attached to an aromatic ring is 1. The second-order valence-corrected chi connectivity index (χ2v) is 8.24. The number of nitrogens with zero attached hydrogens (tertiary/aromatic N) is 1. The van der Waals surface area contributed by atoms with E-state index in [1.807, 2.05) is 19.1 Å². The van der Waals surface area contributed by atoms with Crippen LogP contribution in [0.5, 0.6) is 0 Å². The molecule has 112 valence electrons. The zero-order valence-electron chi connectivity index (χ0n) is 11.5. The Bertz CT molecular complexity index is 751. The molecule has 21 heavy (non-hydrogen) atoms. The third-order valence-corrected chi connectivity index (χ3v) is 6.70. The Labute approximate surface area is 141 Å². The highest BCUT2D eigenvalue weighted by Gasteiger charge is 2.26. The van der Waals surface area contributed by atoms with Gasteiger partial charge in [0.1, 0.15) is 4.90 Å². The van der Waals surface area contributed by atoms with E-state index in [-0.39, 0.29) is 4.90 Å². The summed E-state index contributed by atoms with van der Waals surface area (Å²) in [6, 6.07) is 10.4. The van der Waals surface area contributed by atoms with Crippen molar-refractivity contribution in [2.75, 3.05) is 17.1 Å². The van der Waals surface area contributed by atoms with Crippen molar-refractivity contribution >= 4 is 53.3 Å². The van der Waals surface area contributed by atoms with Crippen molar-refractivity contribution in [1.29, 1.82) is 0 Å². The molecule has 2 aromatic carbocycles. The quantitative estimate of drug-likeness (QED) is 0.746. The molecule has 0 atom stereocenters. The normalized spacial score (nSPS) is 11.4. The highest BCUT2D eigenvalue weighted by atomic mass is 79.9. The van der Waals surface area contributed by atoms with Crippen LogP contribution < -0.4 is 10.0 Å². The van der Waals surface area contributed by atoms with Gasteiger partial charge in [0, 0.05) is 21.7 Å². The van der Waals surface area contributed by atoms with Gasteiger partial charge in [0.05, 0.1) is 5.69 Å². The fourth-order valence-corrected chi connectivity index (χ4v) is 5.59. The van der Waals surface area contributed by atoms with Crippen LogP contribution in [0.25, 0.3) is 0 Å². The molecule has 0 saturated carbocycles. The first-order valence-electron chi connectivity index (χ1n) is 6.03. The Balaban J connectivity index is 2.54. The monoisotopic (exact) mass is 432 g/mol. The van der Waals surface area contributed by atoms with Crippen LogP contribution in [-0.4, -0.2) is 15.5 Å². The topological polar surface area (TPSA) is 63.4 Å². The van der Waals surface area contributed by atoms with Gasteiger partial charge in [-0.1, -0.05) is 17.7 Å². The van der Waals surface area contributed by atoms with Gasteiger partial charge in [-0.15, -0.1) is 0 Å². The summed E-state index contributed by atoms with van der Waals surface area (Å²) in [6.07, 6.45) is 0. The van der Waals surface area contributed by atoms with E-state index in [1.54, 1.807) is 24.3 Å². The Morgan fingerprint density at radius 2 is 1.52 bits per heavy atom. The van der Waals surface area contributed by atoms with Crippen molar-refractivity contribution in [1.82, 2.24) is 0 Å². The molecular formula is C14H14Br2N2O2S. The number of benzene rings is 2. The lowest BCUT2D eigenvalue weighted by molar-refractivity contribution is 0.593. The van der Waals surface area contributed by atoms with E-state index >= 15 is 0 Å². The Morgan fingerprint density at radius 3 is 2.00 bits per heavy atom. The van der Waals surface area contributed by atoms with Crippen molar-refractivity contribution in [2.45, 2.75) is 11.8 Å². The summed E-state index contributed by atoms with van der Waals surface area (Å²) in [6.45, 7) is 1.95. The van der Waals surface area contributed by atoms with Gasteiger partial charge in [0.15, 0.2) is 0 Å². The number of hydrogen-bond donors (Lipinski definition) is 1. The molecule has 2 N–H and O–H groups in total. The number of aryl methyl sites for hydroxylation is 1. The van der Waals surface area contributed by atoms with E-state index in [4.69, 9.17) is 5.73 Å². The minimum atomic E-state index is -3.70. The lowest BCUT2D eigenvalue weighted by Gasteiger charge is -2.21.